The van der Waals surface area contributed by atoms with Crippen LogP contribution in [0.25, 0.3) is 11.3 Å². The first kappa shape index (κ1) is 15.6. The van der Waals surface area contributed by atoms with Crippen LogP contribution in [-0.2, 0) is 17.9 Å². The molecule has 126 valence electrons. The second kappa shape index (κ2) is 6.56. The molecule has 0 unspecified atom stereocenters. The number of rotatable bonds is 4. The highest BCUT2D eigenvalue weighted by Crippen LogP contribution is 2.29. The monoisotopic (exact) mass is 353 g/mol. The van der Waals surface area contributed by atoms with Crippen LogP contribution in [0, 0.1) is 0 Å². The molecule has 4 rings (SSSR count). The summed E-state index contributed by atoms with van der Waals surface area (Å²) in [7, 11) is 0. The molecule has 0 spiro atoms. The summed E-state index contributed by atoms with van der Waals surface area (Å²) in [5, 5.41) is 7.71. The summed E-state index contributed by atoms with van der Waals surface area (Å²) in [5.41, 5.74) is 2.18. The number of nitrogens with zero attached hydrogens (tertiary/aromatic N) is 4. The molecule has 2 aromatic heterocycles. The van der Waals surface area contributed by atoms with Crippen molar-refractivity contribution in [1.29, 1.82) is 0 Å². The van der Waals surface area contributed by atoms with Gasteiger partial charge in [-0.2, -0.15) is 5.10 Å². The van der Waals surface area contributed by atoms with E-state index in [-0.39, 0.29) is 18.0 Å². The van der Waals surface area contributed by atoms with Crippen LogP contribution in [0.3, 0.4) is 0 Å². The molecule has 0 atom stereocenters. The molecule has 3 heterocycles. The van der Waals surface area contributed by atoms with Gasteiger partial charge in [-0.1, -0.05) is 23.9 Å². The quantitative estimate of drug-likeness (QED) is 0.774. The third-order valence-corrected chi connectivity index (χ3v) is 4.79. The molecule has 1 aliphatic heterocycles. The van der Waals surface area contributed by atoms with Gasteiger partial charge in [-0.05, 0) is 18.2 Å². The van der Waals surface area contributed by atoms with Crippen LogP contribution in [0.15, 0.2) is 58.7 Å². The van der Waals surface area contributed by atoms with Crippen molar-refractivity contribution in [2.24, 2.45) is 0 Å². The second-order valence-corrected chi connectivity index (χ2v) is 6.66. The number of thioether (sulfide) groups is 1. The molecule has 0 saturated carbocycles. The molecule has 25 heavy (non-hydrogen) atoms. The van der Waals surface area contributed by atoms with E-state index in [9.17, 15) is 9.59 Å². The van der Waals surface area contributed by atoms with E-state index >= 15 is 0 Å². The smallest absolute Gasteiger partial charge is 0.267 e. The average Bonchev–Trinajstić information content (AvgIpc) is 3.19. The number of anilines is 1. The molecule has 0 saturated heterocycles. The Labute approximate surface area is 147 Å². The molecule has 0 bridgehead atoms. The molecule has 0 radical (unpaired) electrons. The largest absolute Gasteiger partial charge is 0.325 e. The second-order valence-electron chi connectivity index (χ2n) is 5.60. The minimum atomic E-state index is -0.309. The summed E-state index contributed by atoms with van der Waals surface area (Å²) in [6, 6.07) is 10.4. The van der Waals surface area contributed by atoms with Gasteiger partial charge in [0, 0.05) is 42.0 Å². The van der Waals surface area contributed by atoms with E-state index < -0.39 is 0 Å². The molecule has 3 aromatic rings. The minimum absolute atomic E-state index is 0.126. The van der Waals surface area contributed by atoms with Crippen LogP contribution in [0.4, 0.5) is 5.69 Å². The lowest BCUT2D eigenvalue weighted by Crippen LogP contribution is -2.28. The van der Waals surface area contributed by atoms with Gasteiger partial charge in [0.05, 0.1) is 5.69 Å². The Hall–Kier alpha value is -2.87. The number of nitrogens with one attached hydrogen (secondary N) is 1. The SMILES string of the molecule is O=C(Cn1ncccc1=O)Nc1cccc(-c2cn3c(n2)SCC3)c1. The number of benzene rings is 1. The van der Waals surface area contributed by atoms with Crippen molar-refractivity contribution in [2.45, 2.75) is 18.2 Å². The predicted molar refractivity (Wildman–Crippen MR) is 95.5 cm³/mol. The predicted octanol–water partition coefficient (Wildman–Crippen LogP) is 1.85. The van der Waals surface area contributed by atoms with E-state index in [1.54, 1.807) is 23.9 Å². The number of imidazole rings is 1. The number of hydrogen-bond acceptors (Lipinski definition) is 5. The maximum Gasteiger partial charge on any atom is 0.267 e. The van der Waals surface area contributed by atoms with Crippen LogP contribution in [-0.4, -0.2) is 31.0 Å². The zero-order valence-corrected chi connectivity index (χ0v) is 14.1. The van der Waals surface area contributed by atoms with Crippen molar-refractivity contribution in [2.75, 3.05) is 11.1 Å². The standard InChI is InChI=1S/C17H15N5O2S/c23-15(11-22-16(24)5-2-6-18-22)19-13-4-1-3-12(9-13)14-10-21-7-8-25-17(21)20-14/h1-6,9-10H,7-8,11H2,(H,19,23). The summed E-state index contributed by atoms with van der Waals surface area (Å²) >= 11 is 1.74. The van der Waals surface area contributed by atoms with Gasteiger partial charge in [0.1, 0.15) is 6.54 Å². The van der Waals surface area contributed by atoms with E-state index in [0.717, 1.165) is 33.4 Å². The van der Waals surface area contributed by atoms with Gasteiger partial charge < -0.3 is 9.88 Å². The van der Waals surface area contributed by atoms with Crippen LogP contribution in [0.2, 0.25) is 0 Å². The van der Waals surface area contributed by atoms with Gasteiger partial charge in [0.15, 0.2) is 5.16 Å². The lowest BCUT2D eigenvalue weighted by molar-refractivity contribution is -0.117. The van der Waals surface area contributed by atoms with Gasteiger partial charge >= 0.3 is 0 Å². The third-order valence-electron chi connectivity index (χ3n) is 3.82. The summed E-state index contributed by atoms with van der Waals surface area (Å²) in [5.74, 6) is 0.756. The summed E-state index contributed by atoms with van der Waals surface area (Å²) in [6.45, 7) is 0.849. The van der Waals surface area contributed by atoms with Crippen molar-refractivity contribution < 1.29 is 4.79 Å². The van der Waals surface area contributed by atoms with Crippen molar-refractivity contribution in [3.8, 4) is 11.3 Å². The van der Waals surface area contributed by atoms with Gasteiger partial charge in [-0.25, -0.2) is 9.67 Å². The third kappa shape index (κ3) is 3.34. The van der Waals surface area contributed by atoms with Crippen molar-refractivity contribution >= 4 is 23.4 Å². The number of aromatic nitrogens is 4. The Morgan fingerprint density at radius 3 is 3.04 bits per heavy atom. The maximum atomic E-state index is 12.2. The van der Waals surface area contributed by atoms with Gasteiger partial charge in [-0.15, -0.1) is 0 Å². The average molecular weight is 353 g/mol. The number of fused-ring (bicyclic) bond motifs is 1. The number of carbonyl (C=O) groups is 1. The summed E-state index contributed by atoms with van der Waals surface area (Å²) < 4.78 is 3.26. The van der Waals surface area contributed by atoms with Crippen molar-refractivity contribution in [3.63, 3.8) is 0 Å². The zero-order valence-electron chi connectivity index (χ0n) is 13.3. The molecule has 1 aromatic carbocycles. The summed E-state index contributed by atoms with van der Waals surface area (Å²) in [6.07, 6.45) is 3.51. The molecular formula is C17H15N5O2S. The normalized spacial score (nSPS) is 12.8. The van der Waals surface area contributed by atoms with E-state index in [2.05, 4.69) is 20.0 Å². The minimum Gasteiger partial charge on any atom is -0.325 e. The Kier molecular flexibility index (Phi) is 4.10. The molecular weight excluding hydrogens is 338 g/mol. The molecule has 7 nitrogen and oxygen atoms in total. The maximum absolute atomic E-state index is 12.2. The first-order valence-corrected chi connectivity index (χ1v) is 8.80. The molecule has 0 aliphatic carbocycles. The topological polar surface area (TPSA) is 81.8 Å². The highest BCUT2D eigenvalue weighted by molar-refractivity contribution is 7.99. The van der Waals surface area contributed by atoms with E-state index in [4.69, 9.17) is 0 Å². The fraction of sp³-hybridized carbons (Fsp3) is 0.176. The molecule has 0 fully saturated rings. The van der Waals surface area contributed by atoms with Crippen LogP contribution in [0.5, 0.6) is 0 Å². The molecule has 8 heteroatoms. The van der Waals surface area contributed by atoms with Crippen molar-refractivity contribution in [1.82, 2.24) is 19.3 Å². The molecule has 1 aliphatic rings. The van der Waals surface area contributed by atoms with Gasteiger partial charge in [0.25, 0.3) is 5.56 Å². The Balaban J connectivity index is 1.50. The number of carbonyl (C=O) groups excluding carboxylic acids is 1. The van der Waals surface area contributed by atoms with E-state index in [1.165, 1.54) is 12.3 Å². The fourth-order valence-corrected chi connectivity index (χ4v) is 3.59. The Morgan fingerprint density at radius 2 is 2.20 bits per heavy atom. The van der Waals surface area contributed by atoms with Gasteiger partial charge in [0.2, 0.25) is 5.91 Å². The van der Waals surface area contributed by atoms with E-state index in [0.29, 0.717) is 5.69 Å². The number of hydrogen-bond donors (Lipinski definition) is 1. The number of aryl methyl sites for hydroxylation is 1. The van der Waals surface area contributed by atoms with Crippen LogP contribution < -0.4 is 10.9 Å². The highest BCUT2D eigenvalue weighted by atomic mass is 32.2. The van der Waals surface area contributed by atoms with E-state index in [1.807, 2.05) is 24.4 Å². The first-order valence-electron chi connectivity index (χ1n) is 7.81. The molecule has 1 amide bonds. The first-order chi connectivity index (χ1) is 12.2. The lowest BCUT2D eigenvalue weighted by atomic mass is 10.1. The Morgan fingerprint density at radius 1 is 1.28 bits per heavy atom. The lowest BCUT2D eigenvalue weighted by Gasteiger charge is -2.07. The number of amides is 1. The fourth-order valence-electron chi connectivity index (χ4n) is 2.65. The van der Waals surface area contributed by atoms with Gasteiger partial charge in [-0.3, -0.25) is 9.59 Å². The summed E-state index contributed by atoms with van der Waals surface area (Å²) in [4.78, 5) is 28.4. The molecule has 1 N–H and O–H groups in total. The zero-order chi connectivity index (χ0) is 17.2. The van der Waals surface area contributed by atoms with Crippen LogP contribution >= 0.6 is 11.8 Å². The highest BCUT2D eigenvalue weighted by Gasteiger charge is 2.15. The van der Waals surface area contributed by atoms with Crippen molar-refractivity contribution in [3.05, 3.63) is 59.1 Å². The Bertz CT molecular complexity index is 973. The van der Waals surface area contributed by atoms with Crippen LogP contribution in [0.1, 0.15) is 0 Å².